The average molecular weight is 507 g/mol. The monoisotopic (exact) mass is 506 g/mol. The van der Waals surface area contributed by atoms with Crippen molar-refractivity contribution in [1.29, 1.82) is 0 Å². The van der Waals surface area contributed by atoms with Gasteiger partial charge in [-0.15, -0.1) is 0 Å². The molecule has 0 aliphatic carbocycles. The first-order valence-corrected chi connectivity index (χ1v) is 14.5. The molecule has 0 bridgehead atoms. The summed E-state index contributed by atoms with van der Waals surface area (Å²) >= 11 is 0. The molecule has 2 N–H and O–H groups in total. The maximum absolute atomic E-state index is 12.6. The molecule has 2 atom stereocenters. The molecule has 8 heteroatoms. The van der Waals surface area contributed by atoms with Crippen LogP contribution in [0.3, 0.4) is 0 Å². The Morgan fingerprint density at radius 3 is 1.22 bits per heavy atom. The van der Waals surface area contributed by atoms with E-state index >= 15 is 0 Å². The first kappa shape index (κ1) is 30.1. The molecule has 0 aromatic heterocycles. The maximum atomic E-state index is 12.6. The quantitative estimate of drug-likeness (QED) is 0.169. The second kappa shape index (κ2) is 14.6. The Labute approximate surface area is 218 Å². The summed E-state index contributed by atoms with van der Waals surface area (Å²) in [4.78, 5) is 53.6. The van der Waals surface area contributed by atoms with Crippen LogP contribution in [0, 0.1) is 0 Å². The van der Waals surface area contributed by atoms with Crippen molar-refractivity contribution in [2.24, 2.45) is 0 Å². The number of urea groups is 2. The van der Waals surface area contributed by atoms with Crippen LogP contribution in [0.25, 0.3) is 0 Å². The molecule has 2 heterocycles. The van der Waals surface area contributed by atoms with Gasteiger partial charge in [0.05, 0.1) is 0 Å². The van der Waals surface area contributed by atoms with Crippen LogP contribution in [-0.2, 0) is 9.59 Å². The number of nitrogens with zero attached hydrogens (tertiary/aromatic N) is 2. The topological polar surface area (TPSA) is 98.8 Å². The molecule has 2 fully saturated rings. The molecule has 2 aliphatic heterocycles. The largest absolute Gasteiger partial charge is 0.325 e. The van der Waals surface area contributed by atoms with Gasteiger partial charge in [-0.1, -0.05) is 90.9 Å². The third-order valence-electron chi connectivity index (χ3n) is 8.15. The first-order chi connectivity index (χ1) is 17.2. The fraction of sp³-hybridized carbons (Fsp3) is 0.857. The summed E-state index contributed by atoms with van der Waals surface area (Å²) in [6.45, 7) is 9.03. The molecule has 2 saturated heterocycles. The minimum Gasteiger partial charge on any atom is -0.310 e. The van der Waals surface area contributed by atoms with E-state index in [9.17, 15) is 19.2 Å². The summed E-state index contributed by atoms with van der Waals surface area (Å²) in [6.07, 6.45) is 16.3. The van der Waals surface area contributed by atoms with Crippen LogP contribution in [0.5, 0.6) is 0 Å². The minimum atomic E-state index is -0.810. The standard InChI is InChI=1S/C28H50N4O4/c1-5-7-9-11-13-15-19-27(3)23(33)29-25(35)31(27)21-17-18-22-32-26(36)30-24(34)28(32,4)20-16-14-12-10-8-6-2/h5-22H2,1-4H3,(H,29,33,35)(H,30,34,36). The van der Waals surface area contributed by atoms with Crippen LogP contribution >= 0.6 is 0 Å². The lowest BCUT2D eigenvalue weighted by Gasteiger charge is -2.33. The molecular weight excluding hydrogens is 456 g/mol. The predicted octanol–water partition coefficient (Wildman–Crippen LogP) is 5.89. The van der Waals surface area contributed by atoms with Gasteiger partial charge in [-0.3, -0.25) is 20.2 Å². The number of nitrogens with one attached hydrogen (secondary N) is 2. The molecule has 8 nitrogen and oxygen atoms in total. The maximum Gasteiger partial charge on any atom is 0.325 e. The zero-order valence-electron chi connectivity index (χ0n) is 23.3. The Bertz CT molecular complexity index is 696. The molecule has 36 heavy (non-hydrogen) atoms. The van der Waals surface area contributed by atoms with E-state index in [0.717, 1.165) is 38.5 Å². The molecule has 2 rings (SSSR count). The second-order valence-electron chi connectivity index (χ2n) is 11.1. The van der Waals surface area contributed by atoms with Crippen molar-refractivity contribution < 1.29 is 19.2 Å². The Morgan fingerprint density at radius 2 is 0.861 bits per heavy atom. The van der Waals surface area contributed by atoms with Gasteiger partial charge in [0, 0.05) is 13.1 Å². The molecule has 0 radical (unpaired) electrons. The molecule has 0 aromatic carbocycles. The van der Waals surface area contributed by atoms with Gasteiger partial charge in [0.15, 0.2) is 0 Å². The number of hydrogen-bond donors (Lipinski definition) is 2. The van der Waals surface area contributed by atoms with Crippen LogP contribution in [0.4, 0.5) is 9.59 Å². The van der Waals surface area contributed by atoms with Gasteiger partial charge in [0.2, 0.25) is 0 Å². The Balaban J connectivity index is 1.83. The highest BCUT2D eigenvalue weighted by Crippen LogP contribution is 2.30. The van der Waals surface area contributed by atoms with Gasteiger partial charge in [-0.05, 0) is 39.5 Å². The van der Waals surface area contributed by atoms with Gasteiger partial charge in [0.1, 0.15) is 11.1 Å². The summed E-state index contributed by atoms with van der Waals surface area (Å²) in [5, 5.41) is 4.99. The van der Waals surface area contributed by atoms with Crippen molar-refractivity contribution in [3.63, 3.8) is 0 Å². The van der Waals surface area contributed by atoms with Crippen molar-refractivity contribution >= 4 is 23.9 Å². The zero-order chi connectivity index (χ0) is 26.6. The summed E-state index contributed by atoms with van der Waals surface area (Å²) < 4.78 is 0. The summed E-state index contributed by atoms with van der Waals surface area (Å²) in [5.41, 5.74) is -1.62. The summed E-state index contributed by atoms with van der Waals surface area (Å²) in [5.74, 6) is -0.422. The highest BCUT2D eigenvalue weighted by molar-refractivity contribution is 6.07. The lowest BCUT2D eigenvalue weighted by atomic mass is 9.91. The zero-order valence-corrected chi connectivity index (χ0v) is 23.3. The SMILES string of the molecule is CCCCCCCCC1(C)C(=O)NC(=O)N1CCCCN1C(=O)NC(=O)C1(C)CCCCCCCC. The van der Waals surface area contributed by atoms with E-state index in [0.29, 0.717) is 38.8 Å². The van der Waals surface area contributed by atoms with Gasteiger partial charge in [-0.25, -0.2) is 9.59 Å². The summed E-state index contributed by atoms with van der Waals surface area (Å²) in [7, 11) is 0. The predicted molar refractivity (Wildman–Crippen MR) is 143 cm³/mol. The van der Waals surface area contributed by atoms with E-state index in [-0.39, 0.29) is 23.9 Å². The summed E-state index contributed by atoms with van der Waals surface area (Å²) in [6, 6.07) is -0.647. The second-order valence-corrected chi connectivity index (χ2v) is 11.1. The van der Waals surface area contributed by atoms with Crippen molar-refractivity contribution in [2.45, 2.75) is 142 Å². The van der Waals surface area contributed by atoms with Crippen LogP contribution in [-0.4, -0.2) is 57.8 Å². The molecule has 206 valence electrons. The highest BCUT2D eigenvalue weighted by Gasteiger charge is 2.49. The number of carbonyl (C=O) groups is 4. The molecule has 2 unspecified atom stereocenters. The third kappa shape index (κ3) is 7.69. The lowest BCUT2D eigenvalue weighted by molar-refractivity contribution is -0.127. The Kier molecular flexibility index (Phi) is 12.2. The van der Waals surface area contributed by atoms with Gasteiger partial charge in [-0.2, -0.15) is 0 Å². The van der Waals surface area contributed by atoms with Gasteiger partial charge >= 0.3 is 12.1 Å². The average Bonchev–Trinajstić information content (AvgIpc) is 3.18. The number of hydrogen-bond acceptors (Lipinski definition) is 4. The van der Waals surface area contributed by atoms with Crippen molar-refractivity contribution in [3.8, 4) is 0 Å². The minimum absolute atomic E-state index is 0.211. The van der Waals surface area contributed by atoms with E-state index < -0.39 is 11.1 Å². The van der Waals surface area contributed by atoms with Crippen molar-refractivity contribution in [3.05, 3.63) is 0 Å². The van der Waals surface area contributed by atoms with E-state index in [2.05, 4.69) is 24.5 Å². The van der Waals surface area contributed by atoms with E-state index in [4.69, 9.17) is 0 Å². The number of imide groups is 2. The van der Waals surface area contributed by atoms with Gasteiger partial charge < -0.3 is 9.80 Å². The smallest absolute Gasteiger partial charge is 0.310 e. The third-order valence-corrected chi connectivity index (χ3v) is 8.15. The lowest BCUT2D eigenvalue weighted by Crippen LogP contribution is -2.48. The molecule has 6 amide bonds. The normalized spacial score (nSPS) is 24.1. The number of rotatable bonds is 19. The van der Waals surface area contributed by atoms with E-state index in [1.165, 1.54) is 38.5 Å². The first-order valence-electron chi connectivity index (χ1n) is 14.5. The molecular formula is C28H50N4O4. The van der Waals surface area contributed by atoms with Crippen LogP contribution in [0.2, 0.25) is 0 Å². The number of unbranched alkanes of at least 4 members (excludes halogenated alkanes) is 11. The van der Waals surface area contributed by atoms with E-state index in [1.807, 2.05) is 13.8 Å². The van der Waals surface area contributed by atoms with Crippen LogP contribution in [0.1, 0.15) is 130 Å². The molecule has 2 aliphatic rings. The Morgan fingerprint density at radius 1 is 0.528 bits per heavy atom. The molecule has 0 spiro atoms. The highest BCUT2D eigenvalue weighted by atomic mass is 16.2. The van der Waals surface area contributed by atoms with E-state index in [1.54, 1.807) is 9.80 Å². The molecule has 0 saturated carbocycles. The van der Waals surface area contributed by atoms with Crippen LogP contribution < -0.4 is 10.6 Å². The number of amides is 6. The fourth-order valence-corrected chi connectivity index (χ4v) is 5.52. The van der Waals surface area contributed by atoms with Crippen molar-refractivity contribution in [2.75, 3.05) is 13.1 Å². The molecule has 0 aromatic rings. The fourth-order valence-electron chi connectivity index (χ4n) is 5.52. The van der Waals surface area contributed by atoms with Crippen LogP contribution in [0.15, 0.2) is 0 Å². The Hall–Kier alpha value is -2.12. The van der Waals surface area contributed by atoms with Crippen molar-refractivity contribution in [1.82, 2.24) is 20.4 Å². The number of carbonyl (C=O) groups excluding carboxylic acids is 4. The van der Waals surface area contributed by atoms with Gasteiger partial charge in [0.25, 0.3) is 11.8 Å².